The average Bonchev–Trinajstić information content (AvgIpc) is 2.28. The fourth-order valence-corrected chi connectivity index (χ4v) is 1.94. The van der Waals surface area contributed by atoms with Crippen LogP contribution in [0.4, 0.5) is 13.2 Å². The monoisotopic (exact) mass is 250 g/mol. The largest absolute Gasteiger partial charge is 0.487 e. The van der Waals surface area contributed by atoms with Gasteiger partial charge in [-0.1, -0.05) is 0 Å². The van der Waals surface area contributed by atoms with Gasteiger partial charge in [-0.25, -0.2) is 0 Å². The summed E-state index contributed by atoms with van der Waals surface area (Å²) in [5.74, 6) is -0.782. The van der Waals surface area contributed by atoms with E-state index in [0.29, 0.717) is 18.6 Å². The summed E-state index contributed by atoms with van der Waals surface area (Å²) in [6.07, 6.45) is -0.509. The fraction of sp³-hybridized carbons (Fsp3) is 0.727. The molecule has 0 aromatic heterocycles. The van der Waals surface area contributed by atoms with Crippen LogP contribution in [0, 0.1) is 5.92 Å². The molecular formula is C11H17F3N2O. The molecule has 0 spiro atoms. The van der Waals surface area contributed by atoms with Gasteiger partial charge in [0.15, 0.2) is 5.76 Å². The summed E-state index contributed by atoms with van der Waals surface area (Å²) >= 11 is 0. The Morgan fingerprint density at radius 3 is 2.29 bits per heavy atom. The fourth-order valence-electron chi connectivity index (χ4n) is 1.94. The zero-order chi connectivity index (χ0) is 12.9. The van der Waals surface area contributed by atoms with Gasteiger partial charge in [0.1, 0.15) is 0 Å². The molecule has 0 amide bonds. The van der Waals surface area contributed by atoms with Crippen LogP contribution in [0.2, 0.25) is 0 Å². The zero-order valence-electron chi connectivity index (χ0n) is 9.70. The number of aliphatic imine (C=N–C) groups is 1. The first-order valence-corrected chi connectivity index (χ1v) is 5.54. The van der Waals surface area contributed by atoms with Crippen LogP contribution >= 0.6 is 0 Å². The first-order valence-electron chi connectivity index (χ1n) is 5.54. The summed E-state index contributed by atoms with van der Waals surface area (Å²) in [6.45, 7) is 0. The van der Waals surface area contributed by atoms with Crippen molar-refractivity contribution in [1.29, 1.82) is 0 Å². The summed E-state index contributed by atoms with van der Waals surface area (Å²) < 4.78 is 42.7. The summed E-state index contributed by atoms with van der Waals surface area (Å²) in [5.41, 5.74) is 5.31. The highest BCUT2D eigenvalue weighted by Gasteiger charge is 2.41. The van der Waals surface area contributed by atoms with Gasteiger partial charge in [0.25, 0.3) is 0 Å². The molecular weight excluding hydrogens is 233 g/mol. The van der Waals surface area contributed by atoms with Crippen LogP contribution in [-0.4, -0.2) is 25.5 Å². The second kappa shape index (κ2) is 5.93. The van der Waals surface area contributed by atoms with Crippen molar-refractivity contribution in [2.45, 2.75) is 38.0 Å². The lowest BCUT2D eigenvalue weighted by Crippen LogP contribution is -2.30. The molecule has 98 valence electrons. The number of nitrogens with zero attached hydrogens (tertiary/aromatic N) is 1. The van der Waals surface area contributed by atoms with E-state index in [9.17, 15) is 13.2 Å². The van der Waals surface area contributed by atoms with E-state index in [1.54, 1.807) is 7.05 Å². The topological polar surface area (TPSA) is 47.6 Å². The highest BCUT2D eigenvalue weighted by atomic mass is 19.4. The van der Waals surface area contributed by atoms with Gasteiger partial charge in [-0.15, -0.1) is 0 Å². The molecule has 0 aromatic rings. The van der Waals surface area contributed by atoms with E-state index < -0.39 is 12.1 Å². The standard InChI is InChI=1S/C11H17F3N2O/c1-16-7-10(6-15)17-9-4-2-8(3-5-9)11(12,13)14/h6-9H,2-5,15H2,1H3. The van der Waals surface area contributed by atoms with Crippen molar-refractivity contribution in [3.05, 3.63) is 12.0 Å². The van der Waals surface area contributed by atoms with Gasteiger partial charge < -0.3 is 10.5 Å². The van der Waals surface area contributed by atoms with Crippen LogP contribution < -0.4 is 5.73 Å². The van der Waals surface area contributed by atoms with Gasteiger partial charge in [-0.05, 0) is 25.7 Å². The molecule has 0 aliphatic heterocycles. The lowest BCUT2D eigenvalue weighted by Gasteiger charge is -2.30. The highest BCUT2D eigenvalue weighted by Crippen LogP contribution is 2.38. The number of ether oxygens (including phenoxy) is 1. The van der Waals surface area contributed by atoms with Gasteiger partial charge in [0, 0.05) is 13.2 Å². The molecule has 0 unspecified atom stereocenters. The molecule has 3 nitrogen and oxygen atoms in total. The van der Waals surface area contributed by atoms with Crippen LogP contribution in [0.25, 0.3) is 0 Å². The first kappa shape index (κ1) is 13.9. The molecule has 0 heterocycles. The molecule has 17 heavy (non-hydrogen) atoms. The van der Waals surface area contributed by atoms with Gasteiger partial charge in [-0.3, -0.25) is 4.99 Å². The minimum Gasteiger partial charge on any atom is -0.487 e. The van der Waals surface area contributed by atoms with Crippen molar-refractivity contribution in [3.63, 3.8) is 0 Å². The van der Waals surface area contributed by atoms with Gasteiger partial charge in [-0.2, -0.15) is 13.2 Å². The number of hydrogen-bond acceptors (Lipinski definition) is 3. The maximum absolute atomic E-state index is 12.4. The smallest absolute Gasteiger partial charge is 0.391 e. The molecule has 2 N–H and O–H groups in total. The lowest BCUT2D eigenvalue weighted by atomic mass is 9.87. The van der Waals surface area contributed by atoms with Crippen LogP contribution in [0.3, 0.4) is 0 Å². The summed E-state index contributed by atoms with van der Waals surface area (Å²) in [6, 6.07) is 0. The molecule has 1 saturated carbocycles. The second-order valence-electron chi connectivity index (χ2n) is 4.09. The third-order valence-corrected chi connectivity index (χ3v) is 2.86. The van der Waals surface area contributed by atoms with E-state index in [1.165, 1.54) is 12.4 Å². The summed E-state index contributed by atoms with van der Waals surface area (Å²) in [5, 5.41) is 0. The van der Waals surface area contributed by atoms with E-state index in [2.05, 4.69) is 4.99 Å². The summed E-state index contributed by atoms with van der Waals surface area (Å²) in [4.78, 5) is 3.75. The van der Waals surface area contributed by atoms with Crippen LogP contribution in [0.5, 0.6) is 0 Å². The zero-order valence-corrected chi connectivity index (χ0v) is 9.70. The molecule has 0 atom stereocenters. The Kier molecular flexibility index (Phi) is 4.84. The van der Waals surface area contributed by atoms with Crippen LogP contribution in [0.15, 0.2) is 17.0 Å². The van der Waals surface area contributed by atoms with Crippen molar-refractivity contribution >= 4 is 6.21 Å². The molecule has 1 aliphatic carbocycles. The number of hydrogen-bond donors (Lipinski definition) is 1. The number of rotatable bonds is 3. The quantitative estimate of drug-likeness (QED) is 0.618. The molecule has 0 radical (unpaired) electrons. The van der Waals surface area contributed by atoms with Gasteiger partial charge >= 0.3 is 6.18 Å². The first-order chi connectivity index (χ1) is 7.97. The van der Waals surface area contributed by atoms with Crippen LogP contribution in [-0.2, 0) is 4.74 Å². The van der Waals surface area contributed by atoms with E-state index >= 15 is 0 Å². The van der Waals surface area contributed by atoms with Crippen molar-refractivity contribution in [2.24, 2.45) is 16.6 Å². The molecule has 0 saturated heterocycles. The minimum atomic E-state index is -4.08. The Balaban J connectivity index is 2.42. The number of halogens is 3. The lowest BCUT2D eigenvalue weighted by molar-refractivity contribution is -0.186. The number of nitrogens with two attached hydrogens (primary N) is 1. The van der Waals surface area contributed by atoms with Crippen LogP contribution in [0.1, 0.15) is 25.7 Å². The Morgan fingerprint density at radius 2 is 1.88 bits per heavy atom. The molecule has 1 rings (SSSR count). The Labute approximate surface area is 98.5 Å². The average molecular weight is 250 g/mol. The molecule has 0 bridgehead atoms. The van der Waals surface area contributed by atoms with E-state index in [-0.39, 0.29) is 18.9 Å². The maximum Gasteiger partial charge on any atom is 0.391 e. The Bertz CT molecular complexity index is 292. The third kappa shape index (κ3) is 4.28. The van der Waals surface area contributed by atoms with Crippen molar-refractivity contribution < 1.29 is 17.9 Å². The third-order valence-electron chi connectivity index (χ3n) is 2.86. The van der Waals surface area contributed by atoms with Crippen molar-refractivity contribution in [1.82, 2.24) is 0 Å². The summed E-state index contributed by atoms with van der Waals surface area (Å²) in [7, 11) is 1.58. The van der Waals surface area contributed by atoms with Crippen molar-refractivity contribution in [3.8, 4) is 0 Å². The van der Waals surface area contributed by atoms with E-state index in [4.69, 9.17) is 10.5 Å². The van der Waals surface area contributed by atoms with E-state index in [0.717, 1.165) is 0 Å². The maximum atomic E-state index is 12.4. The number of allylic oxidation sites excluding steroid dienone is 1. The van der Waals surface area contributed by atoms with Gasteiger partial charge in [0.2, 0.25) is 0 Å². The highest BCUT2D eigenvalue weighted by molar-refractivity contribution is 5.75. The molecule has 1 aliphatic rings. The number of alkyl halides is 3. The molecule has 6 heteroatoms. The second-order valence-corrected chi connectivity index (χ2v) is 4.09. The Morgan fingerprint density at radius 1 is 1.29 bits per heavy atom. The molecule has 1 fully saturated rings. The predicted octanol–water partition coefficient (Wildman–Crippen LogP) is 2.62. The minimum absolute atomic E-state index is 0.120. The predicted molar refractivity (Wildman–Crippen MR) is 59.6 cm³/mol. The molecule has 0 aromatic carbocycles. The van der Waals surface area contributed by atoms with Gasteiger partial charge in [0.05, 0.1) is 18.2 Å². The van der Waals surface area contributed by atoms with E-state index in [1.807, 2.05) is 0 Å². The SMILES string of the molecule is CN=CC(=CN)OC1CCC(C(F)(F)F)CC1. The van der Waals surface area contributed by atoms with Crippen molar-refractivity contribution in [2.75, 3.05) is 7.05 Å². The normalized spacial score (nSPS) is 27.4. The Hall–Kier alpha value is -1.20.